The number of ether oxygens (including phenoxy) is 4. The van der Waals surface area contributed by atoms with Gasteiger partial charge in [0.05, 0.1) is 17.6 Å². The van der Waals surface area contributed by atoms with Crippen molar-refractivity contribution in [2.75, 3.05) is 20.3 Å². The van der Waals surface area contributed by atoms with Gasteiger partial charge in [0.15, 0.2) is 11.5 Å². The first kappa shape index (κ1) is 16.6. The van der Waals surface area contributed by atoms with Crippen molar-refractivity contribution in [2.24, 2.45) is 0 Å². The monoisotopic (exact) mass is 345 g/mol. The Hall–Kier alpha value is -3.29. The van der Waals surface area contributed by atoms with Gasteiger partial charge in [-0.15, -0.1) is 0 Å². The first-order valence-electron chi connectivity index (χ1n) is 7.46. The van der Waals surface area contributed by atoms with E-state index in [9.17, 15) is 14.9 Å². The molecule has 0 bridgehead atoms. The van der Waals surface area contributed by atoms with Crippen molar-refractivity contribution in [2.45, 2.75) is 6.61 Å². The molecule has 2 aromatic rings. The van der Waals surface area contributed by atoms with Crippen molar-refractivity contribution < 1.29 is 28.7 Å². The molecular formula is C17H15NO7. The van der Waals surface area contributed by atoms with Crippen LogP contribution in [0.4, 0.5) is 5.69 Å². The third-order valence-corrected chi connectivity index (χ3v) is 3.61. The van der Waals surface area contributed by atoms with Crippen LogP contribution in [0, 0.1) is 10.1 Å². The van der Waals surface area contributed by atoms with E-state index in [4.69, 9.17) is 18.9 Å². The highest BCUT2D eigenvalue weighted by Crippen LogP contribution is 2.31. The fraction of sp³-hybridized carbons (Fsp3) is 0.235. The number of nitro groups is 1. The van der Waals surface area contributed by atoms with E-state index in [1.807, 2.05) is 0 Å². The van der Waals surface area contributed by atoms with Gasteiger partial charge in [0.2, 0.25) is 0 Å². The number of methoxy groups -OCH3 is 1. The summed E-state index contributed by atoms with van der Waals surface area (Å²) in [5.41, 5.74) is 0.599. The van der Waals surface area contributed by atoms with E-state index < -0.39 is 10.9 Å². The number of esters is 1. The number of nitro benzene ring substituents is 1. The number of hydrogen-bond acceptors (Lipinski definition) is 7. The number of fused-ring (bicyclic) bond motifs is 1. The molecule has 0 radical (unpaired) electrons. The summed E-state index contributed by atoms with van der Waals surface area (Å²) in [7, 11) is 1.44. The molecule has 8 heteroatoms. The highest BCUT2D eigenvalue weighted by molar-refractivity contribution is 5.90. The molecule has 0 saturated heterocycles. The van der Waals surface area contributed by atoms with Crippen LogP contribution >= 0.6 is 0 Å². The zero-order valence-corrected chi connectivity index (χ0v) is 13.4. The minimum Gasteiger partial charge on any atom is -0.496 e. The van der Waals surface area contributed by atoms with Gasteiger partial charge in [-0.1, -0.05) is 0 Å². The Balaban J connectivity index is 1.74. The molecule has 1 aliphatic heterocycles. The summed E-state index contributed by atoms with van der Waals surface area (Å²) in [6.07, 6.45) is 0. The van der Waals surface area contributed by atoms with Crippen LogP contribution in [0.5, 0.6) is 17.2 Å². The summed E-state index contributed by atoms with van der Waals surface area (Å²) in [5, 5.41) is 10.9. The average Bonchev–Trinajstić information content (AvgIpc) is 2.65. The van der Waals surface area contributed by atoms with Gasteiger partial charge in [-0.2, -0.15) is 0 Å². The van der Waals surface area contributed by atoms with Crippen LogP contribution in [0.2, 0.25) is 0 Å². The molecule has 25 heavy (non-hydrogen) atoms. The van der Waals surface area contributed by atoms with Crippen molar-refractivity contribution in [3.8, 4) is 17.2 Å². The molecule has 3 rings (SSSR count). The lowest BCUT2D eigenvalue weighted by Crippen LogP contribution is -2.16. The fourth-order valence-corrected chi connectivity index (χ4v) is 2.39. The van der Waals surface area contributed by atoms with Crippen LogP contribution in [0.1, 0.15) is 15.9 Å². The zero-order valence-electron chi connectivity index (χ0n) is 13.4. The first-order valence-corrected chi connectivity index (χ1v) is 7.46. The Morgan fingerprint density at radius 1 is 1.16 bits per heavy atom. The van der Waals surface area contributed by atoms with E-state index in [1.165, 1.54) is 25.3 Å². The third-order valence-electron chi connectivity index (χ3n) is 3.61. The highest BCUT2D eigenvalue weighted by Gasteiger charge is 2.17. The molecule has 0 spiro atoms. The van der Waals surface area contributed by atoms with Gasteiger partial charge >= 0.3 is 5.97 Å². The summed E-state index contributed by atoms with van der Waals surface area (Å²) in [6, 6.07) is 8.85. The molecule has 0 unspecified atom stereocenters. The molecule has 8 nitrogen and oxygen atoms in total. The smallest absolute Gasteiger partial charge is 0.338 e. The van der Waals surface area contributed by atoms with Crippen LogP contribution in [-0.2, 0) is 11.3 Å². The fourth-order valence-electron chi connectivity index (χ4n) is 2.39. The van der Waals surface area contributed by atoms with Gasteiger partial charge in [0.1, 0.15) is 25.6 Å². The van der Waals surface area contributed by atoms with Crippen molar-refractivity contribution in [3.05, 3.63) is 57.6 Å². The molecule has 0 fully saturated rings. The highest BCUT2D eigenvalue weighted by atomic mass is 16.6. The van der Waals surface area contributed by atoms with Crippen LogP contribution in [0.15, 0.2) is 36.4 Å². The Bertz CT molecular complexity index is 819. The van der Waals surface area contributed by atoms with Crippen molar-refractivity contribution in [1.29, 1.82) is 0 Å². The summed E-state index contributed by atoms with van der Waals surface area (Å²) < 4.78 is 21.2. The second kappa shape index (κ2) is 7.08. The first-order chi connectivity index (χ1) is 12.1. The Labute approximate surface area is 143 Å². The van der Waals surface area contributed by atoms with Crippen LogP contribution in [-0.4, -0.2) is 31.2 Å². The summed E-state index contributed by atoms with van der Waals surface area (Å²) >= 11 is 0. The summed E-state index contributed by atoms with van der Waals surface area (Å²) in [4.78, 5) is 22.6. The second-order valence-corrected chi connectivity index (χ2v) is 5.19. The van der Waals surface area contributed by atoms with Gasteiger partial charge in [-0.05, 0) is 24.3 Å². The molecule has 1 aliphatic rings. The number of carbonyl (C=O) groups is 1. The Morgan fingerprint density at radius 2 is 1.92 bits per heavy atom. The number of benzene rings is 2. The molecule has 0 aromatic heterocycles. The van der Waals surface area contributed by atoms with E-state index in [2.05, 4.69) is 0 Å². The van der Waals surface area contributed by atoms with Crippen molar-refractivity contribution in [3.63, 3.8) is 0 Å². The maximum absolute atomic E-state index is 12.2. The largest absolute Gasteiger partial charge is 0.496 e. The van der Waals surface area contributed by atoms with Crippen LogP contribution in [0.3, 0.4) is 0 Å². The van der Waals surface area contributed by atoms with Crippen molar-refractivity contribution in [1.82, 2.24) is 0 Å². The molecule has 0 aliphatic carbocycles. The van der Waals surface area contributed by atoms with Gasteiger partial charge < -0.3 is 18.9 Å². The van der Waals surface area contributed by atoms with Gasteiger partial charge in [0.25, 0.3) is 5.69 Å². The van der Waals surface area contributed by atoms with Crippen LogP contribution in [0.25, 0.3) is 0 Å². The number of hydrogen-bond donors (Lipinski definition) is 0. The Kier molecular flexibility index (Phi) is 4.69. The molecule has 1 heterocycles. The summed E-state index contributed by atoms with van der Waals surface area (Å²) in [5.74, 6) is 0.878. The maximum Gasteiger partial charge on any atom is 0.338 e. The third kappa shape index (κ3) is 3.63. The molecule has 0 atom stereocenters. The minimum absolute atomic E-state index is 0.105. The predicted molar refractivity (Wildman–Crippen MR) is 86.2 cm³/mol. The number of carbonyl (C=O) groups excluding carboxylic acids is 1. The number of nitrogens with zero attached hydrogens (tertiary/aromatic N) is 1. The average molecular weight is 345 g/mol. The lowest BCUT2D eigenvalue weighted by atomic mass is 10.1. The molecule has 130 valence electrons. The zero-order chi connectivity index (χ0) is 17.8. The molecule has 0 amide bonds. The van der Waals surface area contributed by atoms with Crippen molar-refractivity contribution >= 4 is 11.7 Å². The SMILES string of the molecule is COc1ccc([N+](=O)[O-])cc1COC(=O)c1ccc2c(c1)OCCO2. The molecule has 2 aromatic carbocycles. The molecular weight excluding hydrogens is 330 g/mol. The van der Waals surface area contributed by atoms with Gasteiger partial charge in [-0.25, -0.2) is 4.79 Å². The quantitative estimate of drug-likeness (QED) is 0.467. The van der Waals surface area contributed by atoms with E-state index in [1.54, 1.807) is 18.2 Å². The van der Waals surface area contributed by atoms with E-state index >= 15 is 0 Å². The topological polar surface area (TPSA) is 97.1 Å². The summed E-state index contributed by atoms with van der Waals surface area (Å²) in [6.45, 7) is 0.720. The number of rotatable bonds is 5. The van der Waals surface area contributed by atoms with Gasteiger partial charge in [-0.3, -0.25) is 10.1 Å². The predicted octanol–water partition coefficient (Wildman–Crippen LogP) is 2.73. The second-order valence-electron chi connectivity index (χ2n) is 5.19. The lowest BCUT2D eigenvalue weighted by Gasteiger charge is -2.18. The number of non-ortho nitro benzene ring substituents is 1. The standard InChI is InChI=1S/C17H15NO7/c1-22-14-5-3-13(18(20)21)8-12(14)10-25-17(19)11-2-4-15-16(9-11)24-7-6-23-15/h2-5,8-9H,6-7,10H2,1H3. The molecule has 0 saturated carbocycles. The normalized spacial score (nSPS) is 12.4. The lowest BCUT2D eigenvalue weighted by molar-refractivity contribution is -0.385. The maximum atomic E-state index is 12.2. The van der Waals surface area contributed by atoms with E-state index in [-0.39, 0.29) is 12.3 Å². The van der Waals surface area contributed by atoms with E-state index in [0.717, 1.165) is 0 Å². The Morgan fingerprint density at radius 3 is 2.64 bits per heavy atom. The van der Waals surface area contributed by atoms with Gasteiger partial charge in [0, 0.05) is 17.7 Å². The minimum atomic E-state index is -0.578. The molecule has 0 N–H and O–H groups in total. The van der Waals surface area contributed by atoms with Crippen LogP contribution < -0.4 is 14.2 Å². The van der Waals surface area contributed by atoms with E-state index in [0.29, 0.717) is 41.6 Å².